The first-order valence-electron chi connectivity index (χ1n) is 6.88. The Labute approximate surface area is 117 Å². The van der Waals surface area contributed by atoms with Crippen LogP contribution < -0.4 is 0 Å². The van der Waals surface area contributed by atoms with Gasteiger partial charge in [0, 0.05) is 24.7 Å². The van der Waals surface area contributed by atoms with Gasteiger partial charge in [-0.3, -0.25) is 4.90 Å². The van der Waals surface area contributed by atoms with Gasteiger partial charge in [-0.25, -0.2) is 0 Å². The Hall–Kier alpha value is -0.570. The summed E-state index contributed by atoms with van der Waals surface area (Å²) in [6.45, 7) is 13.3. The summed E-state index contributed by atoms with van der Waals surface area (Å²) < 4.78 is 0. The number of hydrogen-bond acceptors (Lipinski definition) is 2. The molecule has 0 atom stereocenters. The second-order valence-corrected chi connectivity index (χ2v) is 4.96. The van der Waals surface area contributed by atoms with E-state index in [2.05, 4.69) is 42.7 Å². The molecule has 2 nitrogen and oxygen atoms in total. The first-order valence-corrected chi connectivity index (χ1v) is 7.26. The van der Waals surface area contributed by atoms with Crippen LogP contribution in [0.2, 0.25) is 5.02 Å². The second-order valence-electron chi connectivity index (χ2n) is 4.52. The molecule has 0 aliphatic rings. The molecule has 0 saturated carbocycles. The standard InChI is InChI=1S/C15H25ClN2/c1-4-17(5-2)11-12-18(6-3)13-14-7-9-15(16)10-8-14/h7-10H,4-6,11-13H2,1-3H3. The summed E-state index contributed by atoms with van der Waals surface area (Å²) in [5.41, 5.74) is 1.33. The summed E-state index contributed by atoms with van der Waals surface area (Å²) >= 11 is 5.90. The van der Waals surface area contributed by atoms with Crippen molar-refractivity contribution in [1.82, 2.24) is 9.80 Å². The van der Waals surface area contributed by atoms with E-state index < -0.39 is 0 Å². The van der Waals surface area contributed by atoms with Crippen molar-refractivity contribution in [2.45, 2.75) is 27.3 Å². The first-order chi connectivity index (χ1) is 8.69. The number of likely N-dealkylation sites (N-methyl/N-ethyl adjacent to an activating group) is 2. The van der Waals surface area contributed by atoms with Crippen LogP contribution in [-0.2, 0) is 6.54 Å². The Morgan fingerprint density at radius 1 is 0.833 bits per heavy atom. The normalized spacial score (nSPS) is 11.4. The molecule has 0 unspecified atom stereocenters. The van der Waals surface area contributed by atoms with Crippen molar-refractivity contribution in [3.05, 3.63) is 34.9 Å². The molecule has 1 aromatic rings. The van der Waals surface area contributed by atoms with Crippen LogP contribution in [0, 0.1) is 0 Å². The molecule has 0 bridgehead atoms. The molecule has 0 aliphatic carbocycles. The molecule has 0 amide bonds. The maximum absolute atomic E-state index is 5.90. The van der Waals surface area contributed by atoms with Gasteiger partial charge in [-0.1, -0.05) is 44.5 Å². The van der Waals surface area contributed by atoms with E-state index in [-0.39, 0.29) is 0 Å². The Morgan fingerprint density at radius 2 is 1.33 bits per heavy atom. The Balaban J connectivity index is 2.44. The van der Waals surface area contributed by atoms with E-state index in [0.717, 1.165) is 44.3 Å². The fourth-order valence-electron chi connectivity index (χ4n) is 2.02. The highest BCUT2D eigenvalue weighted by Crippen LogP contribution is 2.11. The van der Waals surface area contributed by atoms with Gasteiger partial charge in [-0.15, -0.1) is 0 Å². The van der Waals surface area contributed by atoms with Crippen LogP contribution >= 0.6 is 11.6 Å². The number of halogens is 1. The van der Waals surface area contributed by atoms with E-state index in [1.165, 1.54) is 5.56 Å². The van der Waals surface area contributed by atoms with Crippen molar-refractivity contribution < 1.29 is 0 Å². The molecule has 18 heavy (non-hydrogen) atoms. The van der Waals surface area contributed by atoms with Crippen LogP contribution in [0.15, 0.2) is 24.3 Å². The molecular formula is C15H25ClN2. The van der Waals surface area contributed by atoms with Crippen LogP contribution in [-0.4, -0.2) is 42.5 Å². The Morgan fingerprint density at radius 3 is 1.83 bits per heavy atom. The van der Waals surface area contributed by atoms with E-state index in [1.54, 1.807) is 0 Å². The van der Waals surface area contributed by atoms with Gasteiger partial charge >= 0.3 is 0 Å². The molecule has 0 radical (unpaired) electrons. The first kappa shape index (κ1) is 15.5. The monoisotopic (exact) mass is 268 g/mol. The lowest BCUT2D eigenvalue weighted by atomic mass is 10.2. The summed E-state index contributed by atoms with van der Waals surface area (Å²) in [4.78, 5) is 4.94. The van der Waals surface area contributed by atoms with Crippen molar-refractivity contribution >= 4 is 11.6 Å². The smallest absolute Gasteiger partial charge is 0.0406 e. The molecule has 3 heteroatoms. The quantitative estimate of drug-likeness (QED) is 0.712. The van der Waals surface area contributed by atoms with Crippen molar-refractivity contribution in [3.63, 3.8) is 0 Å². The zero-order valence-corrected chi connectivity index (χ0v) is 12.6. The third-order valence-corrected chi connectivity index (χ3v) is 3.65. The van der Waals surface area contributed by atoms with Gasteiger partial charge in [-0.05, 0) is 37.3 Å². The topological polar surface area (TPSA) is 6.48 Å². The van der Waals surface area contributed by atoms with Gasteiger partial charge in [0.1, 0.15) is 0 Å². The number of rotatable bonds is 8. The van der Waals surface area contributed by atoms with Crippen LogP contribution in [0.4, 0.5) is 0 Å². The molecule has 0 saturated heterocycles. The van der Waals surface area contributed by atoms with Gasteiger partial charge in [0.05, 0.1) is 0 Å². The number of nitrogens with zero attached hydrogens (tertiary/aromatic N) is 2. The van der Waals surface area contributed by atoms with Crippen LogP contribution in [0.25, 0.3) is 0 Å². The number of benzene rings is 1. The van der Waals surface area contributed by atoms with Crippen LogP contribution in [0.3, 0.4) is 0 Å². The van der Waals surface area contributed by atoms with E-state index in [1.807, 2.05) is 12.1 Å². The predicted molar refractivity (Wildman–Crippen MR) is 80.2 cm³/mol. The summed E-state index contributed by atoms with van der Waals surface area (Å²) in [6, 6.07) is 8.16. The minimum atomic E-state index is 0.810. The van der Waals surface area contributed by atoms with Gasteiger partial charge in [0.15, 0.2) is 0 Å². The van der Waals surface area contributed by atoms with Gasteiger partial charge in [0.25, 0.3) is 0 Å². The van der Waals surface area contributed by atoms with E-state index >= 15 is 0 Å². The van der Waals surface area contributed by atoms with Crippen molar-refractivity contribution in [2.75, 3.05) is 32.7 Å². The minimum absolute atomic E-state index is 0.810. The molecular weight excluding hydrogens is 244 g/mol. The maximum atomic E-state index is 5.90. The fourth-order valence-corrected chi connectivity index (χ4v) is 2.15. The molecule has 0 heterocycles. The van der Waals surface area contributed by atoms with E-state index in [4.69, 9.17) is 11.6 Å². The summed E-state index contributed by atoms with van der Waals surface area (Å²) in [5, 5.41) is 0.810. The Kier molecular flexibility index (Phi) is 7.33. The molecule has 1 rings (SSSR count). The van der Waals surface area contributed by atoms with Gasteiger partial charge in [0.2, 0.25) is 0 Å². The third kappa shape index (κ3) is 5.38. The highest BCUT2D eigenvalue weighted by molar-refractivity contribution is 6.30. The SMILES string of the molecule is CCN(CC)CCN(CC)Cc1ccc(Cl)cc1. The molecule has 0 spiro atoms. The Bertz CT molecular complexity index is 320. The largest absolute Gasteiger partial charge is 0.303 e. The lowest BCUT2D eigenvalue weighted by molar-refractivity contribution is 0.215. The second kappa shape index (κ2) is 8.52. The average Bonchev–Trinajstić information content (AvgIpc) is 2.40. The fraction of sp³-hybridized carbons (Fsp3) is 0.600. The highest BCUT2D eigenvalue weighted by atomic mass is 35.5. The van der Waals surface area contributed by atoms with E-state index in [0.29, 0.717) is 0 Å². The van der Waals surface area contributed by atoms with E-state index in [9.17, 15) is 0 Å². The molecule has 0 aromatic heterocycles. The lowest BCUT2D eigenvalue weighted by Crippen LogP contribution is -2.34. The van der Waals surface area contributed by atoms with Gasteiger partial charge in [-0.2, -0.15) is 0 Å². The molecule has 102 valence electrons. The van der Waals surface area contributed by atoms with Crippen molar-refractivity contribution in [2.24, 2.45) is 0 Å². The zero-order valence-electron chi connectivity index (χ0n) is 11.8. The van der Waals surface area contributed by atoms with Gasteiger partial charge < -0.3 is 4.90 Å². The summed E-state index contributed by atoms with van der Waals surface area (Å²) in [5.74, 6) is 0. The summed E-state index contributed by atoms with van der Waals surface area (Å²) in [7, 11) is 0. The molecule has 0 aliphatic heterocycles. The number of hydrogen-bond donors (Lipinski definition) is 0. The maximum Gasteiger partial charge on any atom is 0.0406 e. The molecule has 0 N–H and O–H groups in total. The summed E-state index contributed by atoms with van der Waals surface area (Å²) in [6.07, 6.45) is 0. The minimum Gasteiger partial charge on any atom is -0.303 e. The van der Waals surface area contributed by atoms with Crippen LogP contribution in [0.5, 0.6) is 0 Å². The highest BCUT2D eigenvalue weighted by Gasteiger charge is 2.06. The van der Waals surface area contributed by atoms with Crippen molar-refractivity contribution in [3.8, 4) is 0 Å². The van der Waals surface area contributed by atoms with Crippen LogP contribution in [0.1, 0.15) is 26.3 Å². The molecule has 0 fully saturated rings. The average molecular weight is 269 g/mol. The predicted octanol–water partition coefficient (Wildman–Crippen LogP) is 3.50. The lowest BCUT2D eigenvalue weighted by Gasteiger charge is -2.25. The van der Waals surface area contributed by atoms with Crippen molar-refractivity contribution in [1.29, 1.82) is 0 Å². The molecule has 1 aromatic carbocycles. The zero-order chi connectivity index (χ0) is 13.4. The third-order valence-electron chi connectivity index (χ3n) is 3.39.